The molecule has 3 aliphatic rings. The monoisotopic (exact) mass is 269 g/mol. The van der Waals surface area contributed by atoms with Gasteiger partial charge in [0.15, 0.2) is 0 Å². The minimum atomic E-state index is -0.730. The van der Waals surface area contributed by atoms with Gasteiger partial charge in [-0.3, -0.25) is 9.59 Å². The standard InChI is InChI=1S/C13H19NO3S/c15-12(9-2-1-5-18-9)14-11-8-4-3-7(6-8)10(11)13(16)17/h7-11H,1-6H2,(H,14,15)(H,16,17). The lowest BCUT2D eigenvalue weighted by Gasteiger charge is -2.29. The van der Waals surface area contributed by atoms with Crippen LogP contribution < -0.4 is 5.32 Å². The van der Waals surface area contributed by atoms with Crippen molar-refractivity contribution in [1.82, 2.24) is 5.32 Å². The number of thioether (sulfide) groups is 1. The van der Waals surface area contributed by atoms with Gasteiger partial charge in [-0.1, -0.05) is 0 Å². The fourth-order valence-corrected chi connectivity index (χ4v) is 5.07. The molecular weight excluding hydrogens is 250 g/mol. The summed E-state index contributed by atoms with van der Waals surface area (Å²) in [6.45, 7) is 0. The van der Waals surface area contributed by atoms with Crippen LogP contribution in [-0.4, -0.2) is 34.0 Å². The average Bonchev–Trinajstić information content (AvgIpc) is 3.05. The molecule has 2 saturated carbocycles. The summed E-state index contributed by atoms with van der Waals surface area (Å²) in [5, 5.41) is 12.4. The lowest BCUT2D eigenvalue weighted by atomic mass is 9.84. The molecule has 5 unspecified atom stereocenters. The number of rotatable bonds is 3. The molecule has 1 saturated heterocycles. The Balaban J connectivity index is 1.67. The summed E-state index contributed by atoms with van der Waals surface area (Å²) < 4.78 is 0. The van der Waals surface area contributed by atoms with Gasteiger partial charge in [0.1, 0.15) is 0 Å². The Labute approximate surface area is 111 Å². The van der Waals surface area contributed by atoms with E-state index in [1.807, 2.05) is 0 Å². The molecule has 1 amide bonds. The van der Waals surface area contributed by atoms with E-state index >= 15 is 0 Å². The molecule has 100 valence electrons. The van der Waals surface area contributed by atoms with E-state index in [9.17, 15) is 14.7 Å². The molecule has 3 rings (SSSR count). The van der Waals surface area contributed by atoms with Crippen molar-refractivity contribution < 1.29 is 14.7 Å². The second-order valence-electron chi connectivity index (χ2n) is 5.73. The van der Waals surface area contributed by atoms with Crippen LogP contribution in [0.3, 0.4) is 0 Å². The van der Waals surface area contributed by atoms with Gasteiger partial charge in [0.25, 0.3) is 0 Å². The molecule has 2 aliphatic carbocycles. The molecule has 1 heterocycles. The van der Waals surface area contributed by atoms with Crippen molar-refractivity contribution in [2.45, 2.75) is 43.4 Å². The average molecular weight is 269 g/mol. The molecule has 18 heavy (non-hydrogen) atoms. The van der Waals surface area contributed by atoms with Gasteiger partial charge in [-0.05, 0) is 49.7 Å². The second kappa shape index (κ2) is 4.76. The zero-order valence-corrected chi connectivity index (χ0v) is 11.1. The third kappa shape index (κ3) is 2.02. The van der Waals surface area contributed by atoms with E-state index < -0.39 is 5.97 Å². The molecule has 3 fully saturated rings. The van der Waals surface area contributed by atoms with Gasteiger partial charge in [-0.2, -0.15) is 0 Å². The Bertz CT molecular complexity index is 367. The van der Waals surface area contributed by atoms with Gasteiger partial charge in [0, 0.05) is 6.04 Å². The smallest absolute Gasteiger partial charge is 0.308 e. The summed E-state index contributed by atoms with van der Waals surface area (Å²) in [7, 11) is 0. The molecule has 2 N–H and O–H groups in total. The van der Waals surface area contributed by atoms with Crippen LogP contribution in [-0.2, 0) is 9.59 Å². The minimum Gasteiger partial charge on any atom is -0.481 e. The Hall–Kier alpha value is -0.710. The Morgan fingerprint density at radius 3 is 2.61 bits per heavy atom. The summed E-state index contributed by atoms with van der Waals surface area (Å²) in [6, 6.07) is -0.116. The third-order valence-corrected chi connectivity index (χ3v) is 6.11. The van der Waals surface area contributed by atoms with E-state index in [1.165, 1.54) is 0 Å². The van der Waals surface area contributed by atoms with Gasteiger partial charge in [0.2, 0.25) is 5.91 Å². The zero-order valence-electron chi connectivity index (χ0n) is 10.3. The number of aliphatic carboxylic acids is 1. The van der Waals surface area contributed by atoms with Crippen molar-refractivity contribution >= 4 is 23.6 Å². The lowest BCUT2D eigenvalue weighted by Crippen LogP contribution is -2.49. The van der Waals surface area contributed by atoms with Gasteiger partial charge >= 0.3 is 5.97 Å². The van der Waals surface area contributed by atoms with Crippen molar-refractivity contribution in [3.05, 3.63) is 0 Å². The van der Waals surface area contributed by atoms with Crippen molar-refractivity contribution in [2.75, 3.05) is 5.75 Å². The van der Waals surface area contributed by atoms with Crippen LogP contribution in [0.1, 0.15) is 32.1 Å². The van der Waals surface area contributed by atoms with E-state index in [1.54, 1.807) is 11.8 Å². The number of carbonyl (C=O) groups is 2. The first-order valence-electron chi connectivity index (χ1n) is 6.81. The van der Waals surface area contributed by atoms with Crippen LogP contribution in [0.5, 0.6) is 0 Å². The summed E-state index contributed by atoms with van der Waals surface area (Å²) in [5.74, 6) is 0.726. The van der Waals surface area contributed by atoms with Gasteiger partial charge < -0.3 is 10.4 Å². The molecule has 0 spiro atoms. The van der Waals surface area contributed by atoms with Crippen LogP contribution in [0.2, 0.25) is 0 Å². The highest BCUT2D eigenvalue weighted by Gasteiger charge is 2.51. The molecule has 0 aromatic heterocycles. The SMILES string of the molecule is O=C(NC1C2CCC(C2)C1C(=O)O)C1CCCS1. The molecule has 4 nitrogen and oxygen atoms in total. The predicted molar refractivity (Wildman–Crippen MR) is 69.4 cm³/mol. The van der Waals surface area contributed by atoms with Crippen molar-refractivity contribution in [1.29, 1.82) is 0 Å². The van der Waals surface area contributed by atoms with Gasteiger partial charge in [0.05, 0.1) is 11.2 Å². The third-order valence-electron chi connectivity index (χ3n) is 4.73. The maximum atomic E-state index is 12.1. The highest BCUT2D eigenvalue weighted by atomic mass is 32.2. The predicted octanol–water partition coefficient (Wildman–Crippen LogP) is 1.50. The van der Waals surface area contributed by atoms with E-state index in [-0.39, 0.29) is 29.0 Å². The molecule has 0 aromatic carbocycles. The van der Waals surface area contributed by atoms with Crippen LogP contribution >= 0.6 is 11.8 Å². The first-order chi connectivity index (χ1) is 8.66. The highest BCUT2D eigenvalue weighted by Crippen LogP contribution is 2.48. The van der Waals surface area contributed by atoms with Crippen LogP contribution in [0.15, 0.2) is 0 Å². The Kier molecular flexibility index (Phi) is 3.26. The molecule has 5 heteroatoms. The van der Waals surface area contributed by atoms with Crippen LogP contribution in [0.25, 0.3) is 0 Å². The molecule has 1 aliphatic heterocycles. The number of nitrogens with one attached hydrogen (secondary N) is 1. The number of carboxylic acids is 1. The molecule has 5 atom stereocenters. The van der Waals surface area contributed by atoms with E-state index in [0.717, 1.165) is 37.9 Å². The summed E-state index contributed by atoms with van der Waals surface area (Å²) in [5.41, 5.74) is 0. The van der Waals surface area contributed by atoms with Crippen molar-refractivity contribution in [2.24, 2.45) is 17.8 Å². The van der Waals surface area contributed by atoms with Crippen molar-refractivity contribution in [3.8, 4) is 0 Å². The molecule has 0 radical (unpaired) electrons. The quantitative estimate of drug-likeness (QED) is 0.815. The fourth-order valence-electron chi connectivity index (χ4n) is 3.90. The van der Waals surface area contributed by atoms with Crippen LogP contribution in [0, 0.1) is 17.8 Å². The number of amides is 1. The number of hydrogen-bond acceptors (Lipinski definition) is 3. The van der Waals surface area contributed by atoms with Crippen molar-refractivity contribution in [3.63, 3.8) is 0 Å². The molecular formula is C13H19NO3S. The summed E-state index contributed by atoms with van der Waals surface area (Å²) in [4.78, 5) is 23.5. The van der Waals surface area contributed by atoms with Gasteiger partial charge in [-0.25, -0.2) is 0 Å². The maximum absolute atomic E-state index is 12.1. The summed E-state index contributed by atoms with van der Waals surface area (Å²) >= 11 is 1.70. The largest absolute Gasteiger partial charge is 0.481 e. The maximum Gasteiger partial charge on any atom is 0.308 e. The number of fused-ring (bicyclic) bond motifs is 2. The summed E-state index contributed by atoms with van der Waals surface area (Å²) in [6.07, 6.45) is 5.12. The minimum absolute atomic E-state index is 0.0542. The fraction of sp³-hybridized carbons (Fsp3) is 0.846. The van der Waals surface area contributed by atoms with E-state index in [2.05, 4.69) is 5.32 Å². The Morgan fingerprint density at radius 2 is 1.94 bits per heavy atom. The molecule has 2 bridgehead atoms. The lowest BCUT2D eigenvalue weighted by molar-refractivity contribution is -0.144. The van der Waals surface area contributed by atoms with Gasteiger partial charge in [-0.15, -0.1) is 11.8 Å². The number of hydrogen-bond donors (Lipinski definition) is 2. The van der Waals surface area contributed by atoms with E-state index in [4.69, 9.17) is 0 Å². The number of carboxylic acid groups (broad SMARTS) is 1. The normalized spacial score (nSPS) is 42.1. The van der Waals surface area contributed by atoms with E-state index in [0.29, 0.717) is 5.92 Å². The second-order valence-corrected chi connectivity index (χ2v) is 7.04. The first kappa shape index (κ1) is 12.3. The zero-order chi connectivity index (χ0) is 12.7. The first-order valence-corrected chi connectivity index (χ1v) is 7.86. The highest BCUT2D eigenvalue weighted by molar-refractivity contribution is 8.00. The van der Waals surface area contributed by atoms with Crippen LogP contribution in [0.4, 0.5) is 0 Å². The Morgan fingerprint density at radius 1 is 1.17 bits per heavy atom. The topological polar surface area (TPSA) is 66.4 Å². The molecule has 0 aromatic rings. The number of carbonyl (C=O) groups excluding carboxylic acids is 1.